The van der Waals surface area contributed by atoms with Gasteiger partial charge in [0.15, 0.2) is 5.82 Å². The second-order valence-electron chi connectivity index (χ2n) is 33.5. The average molecular weight is 1100 g/mol. The number of hydrogen-bond donors (Lipinski definition) is 0. The van der Waals surface area contributed by atoms with E-state index in [-0.39, 0.29) is 50.0 Å². The smallest absolute Gasteiger partial charge is 0.252 e. The summed E-state index contributed by atoms with van der Waals surface area (Å²) in [6, 6.07) is 46.5. The van der Waals surface area contributed by atoms with Crippen molar-refractivity contribution in [3.05, 3.63) is 160 Å². The predicted octanol–water partition coefficient (Wildman–Crippen LogP) is 19.2. The van der Waals surface area contributed by atoms with Crippen molar-refractivity contribution in [2.75, 3.05) is 0 Å². The standard InChI is InChI=1S/C78H91BN4/c1-71(2,3)47-25-27-63-55(37-47)57-39-53(77(19,20)21)41-59-68(57)82(63)65-33-46(34-66-67(65)79(59)60-42-54(78(22,23)24)40-58-56-38-48(72(4,5)6)26-28-64(56)83(66)69(58)60)70-80-61(44-29-49(73(7,8)9)35-50(30-44)74(10,11)12)43-62(81-70)45-31-51(75(13,14)15)36-52(32-45)76(16,17)18/h25-43H,1-24H3. The van der Waals surface area contributed by atoms with Crippen molar-refractivity contribution in [1.29, 1.82) is 0 Å². The Kier molecular flexibility index (Phi) is 12.2. The van der Waals surface area contributed by atoms with Crippen LogP contribution in [0.3, 0.4) is 0 Å². The Morgan fingerprint density at radius 1 is 0.289 bits per heavy atom. The van der Waals surface area contributed by atoms with Gasteiger partial charge in [0, 0.05) is 60.6 Å². The van der Waals surface area contributed by atoms with Crippen LogP contribution in [-0.4, -0.2) is 25.8 Å². The Hall–Kier alpha value is -6.72. The highest BCUT2D eigenvalue weighted by atomic mass is 15.0. The first-order valence-electron chi connectivity index (χ1n) is 30.8. The Balaban J connectivity index is 1.28. The maximum atomic E-state index is 5.86. The van der Waals surface area contributed by atoms with Crippen molar-refractivity contribution >= 4 is 66.7 Å². The number of rotatable bonds is 3. The van der Waals surface area contributed by atoms with Gasteiger partial charge in [-0.3, -0.25) is 0 Å². The molecule has 0 saturated carbocycles. The van der Waals surface area contributed by atoms with E-state index in [4.69, 9.17) is 9.97 Å². The molecule has 426 valence electrons. The van der Waals surface area contributed by atoms with Gasteiger partial charge in [-0.05, 0) is 183 Å². The Bertz CT molecular complexity index is 4040. The monoisotopic (exact) mass is 1090 g/mol. The van der Waals surface area contributed by atoms with Gasteiger partial charge < -0.3 is 9.13 Å². The molecule has 5 heterocycles. The van der Waals surface area contributed by atoms with E-state index in [1.165, 1.54) is 116 Å². The number of aromatic nitrogens is 4. The van der Waals surface area contributed by atoms with Crippen molar-refractivity contribution in [3.8, 4) is 45.3 Å². The molecular weight excluding hydrogens is 1000 g/mol. The molecule has 12 rings (SSSR count). The van der Waals surface area contributed by atoms with Crippen LogP contribution in [0.1, 0.15) is 211 Å². The van der Waals surface area contributed by atoms with Crippen LogP contribution >= 0.6 is 0 Å². The third-order valence-electron chi connectivity index (χ3n) is 18.7. The molecule has 2 aliphatic rings. The van der Waals surface area contributed by atoms with E-state index in [1.807, 2.05) is 0 Å². The summed E-state index contributed by atoms with van der Waals surface area (Å²) < 4.78 is 5.29. The number of fused-ring (bicyclic) bond motifs is 10. The summed E-state index contributed by atoms with van der Waals surface area (Å²) in [7, 11) is 0. The van der Waals surface area contributed by atoms with Crippen molar-refractivity contribution in [2.45, 2.75) is 209 Å². The van der Waals surface area contributed by atoms with Crippen LogP contribution in [0.15, 0.2) is 115 Å². The van der Waals surface area contributed by atoms with E-state index >= 15 is 0 Å². The molecule has 5 heteroatoms. The van der Waals surface area contributed by atoms with Crippen LogP contribution in [0, 0.1) is 0 Å². The summed E-state index contributed by atoms with van der Waals surface area (Å²) in [4.78, 5) is 11.7. The van der Waals surface area contributed by atoms with E-state index in [1.54, 1.807) is 0 Å². The fraction of sp³-hybridized carbons (Fsp3) is 0.410. The lowest BCUT2D eigenvalue weighted by Crippen LogP contribution is -2.59. The van der Waals surface area contributed by atoms with Gasteiger partial charge in [-0.25, -0.2) is 9.97 Å². The van der Waals surface area contributed by atoms with Gasteiger partial charge in [-0.2, -0.15) is 0 Å². The number of hydrogen-bond acceptors (Lipinski definition) is 2. The van der Waals surface area contributed by atoms with Gasteiger partial charge in [-0.1, -0.05) is 203 Å². The molecule has 0 bridgehead atoms. The van der Waals surface area contributed by atoms with E-state index in [0.717, 1.165) is 33.9 Å². The molecule has 0 N–H and O–H groups in total. The first kappa shape index (κ1) is 56.8. The van der Waals surface area contributed by atoms with Gasteiger partial charge in [0.25, 0.3) is 6.71 Å². The third-order valence-corrected chi connectivity index (χ3v) is 18.7. The molecule has 0 amide bonds. The molecule has 0 unspecified atom stereocenters. The Labute approximate surface area is 497 Å². The summed E-state index contributed by atoms with van der Waals surface area (Å²) >= 11 is 0. The summed E-state index contributed by atoms with van der Waals surface area (Å²) in [5.41, 5.74) is 26.6. The van der Waals surface area contributed by atoms with Crippen LogP contribution in [0.25, 0.3) is 88.9 Å². The average Bonchev–Trinajstić information content (AvgIpc) is 1.97. The van der Waals surface area contributed by atoms with Gasteiger partial charge in [0.1, 0.15) is 0 Å². The van der Waals surface area contributed by atoms with Crippen molar-refractivity contribution in [3.63, 3.8) is 0 Å². The minimum atomic E-state index is -0.0939. The summed E-state index contributed by atoms with van der Waals surface area (Å²) in [6.07, 6.45) is 0. The van der Waals surface area contributed by atoms with Crippen molar-refractivity contribution < 1.29 is 0 Å². The molecule has 3 aromatic heterocycles. The van der Waals surface area contributed by atoms with Crippen LogP contribution in [0.5, 0.6) is 0 Å². The maximum absolute atomic E-state index is 5.86. The van der Waals surface area contributed by atoms with Crippen LogP contribution in [-0.2, 0) is 43.3 Å². The van der Waals surface area contributed by atoms with Gasteiger partial charge in [-0.15, -0.1) is 0 Å². The molecule has 0 saturated heterocycles. The second-order valence-corrected chi connectivity index (χ2v) is 33.5. The lowest BCUT2D eigenvalue weighted by atomic mass is 9.34. The highest BCUT2D eigenvalue weighted by Crippen LogP contribution is 2.46. The predicted molar refractivity (Wildman–Crippen MR) is 361 cm³/mol. The van der Waals surface area contributed by atoms with E-state index in [2.05, 4.69) is 291 Å². The molecule has 0 fully saturated rings. The van der Waals surface area contributed by atoms with Crippen LogP contribution in [0.2, 0.25) is 0 Å². The highest BCUT2D eigenvalue weighted by Gasteiger charge is 2.43. The first-order chi connectivity index (χ1) is 38.2. The zero-order valence-electron chi connectivity index (χ0n) is 54.8. The topological polar surface area (TPSA) is 35.6 Å². The maximum Gasteiger partial charge on any atom is 0.252 e. The molecular formula is C78H91BN4. The summed E-state index contributed by atoms with van der Waals surface area (Å²) in [5.74, 6) is 0.721. The Morgan fingerprint density at radius 2 is 0.590 bits per heavy atom. The van der Waals surface area contributed by atoms with E-state index in [9.17, 15) is 0 Å². The summed E-state index contributed by atoms with van der Waals surface area (Å²) in [5, 5.41) is 5.23. The minimum Gasteiger partial charge on any atom is -0.310 e. The molecule has 10 aromatic rings. The van der Waals surface area contributed by atoms with Gasteiger partial charge in [0.2, 0.25) is 0 Å². The highest BCUT2D eigenvalue weighted by molar-refractivity contribution is 7.00. The molecule has 0 spiro atoms. The second kappa shape index (κ2) is 17.9. The minimum absolute atomic E-state index is 0.0342. The van der Waals surface area contributed by atoms with Gasteiger partial charge >= 0.3 is 0 Å². The molecule has 2 aliphatic heterocycles. The normalized spacial score (nSPS) is 14.2. The zero-order chi connectivity index (χ0) is 60.2. The van der Waals surface area contributed by atoms with Crippen molar-refractivity contribution in [2.24, 2.45) is 0 Å². The summed E-state index contributed by atoms with van der Waals surface area (Å²) in [6.45, 7) is 56.3. The molecule has 0 atom stereocenters. The lowest BCUT2D eigenvalue weighted by molar-refractivity contribution is 0.568. The number of benzene rings is 7. The quantitative estimate of drug-likeness (QED) is 0.165. The van der Waals surface area contributed by atoms with Crippen molar-refractivity contribution in [1.82, 2.24) is 19.1 Å². The molecule has 0 radical (unpaired) electrons. The molecule has 83 heavy (non-hydrogen) atoms. The van der Waals surface area contributed by atoms with Crippen LogP contribution in [0.4, 0.5) is 0 Å². The fourth-order valence-electron chi connectivity index (χ4n) is 13.1. The molecule has 0 aliphatic carbocycles. The van der Waals surface area contributed by atoms with Crippen LogP contribution < -0.4 is 16.4 Å². The van der Waals surface area contributed by atoms with E-state index < -0.39 is 0 Å². The Morgan fingerprint density at radius 3 is 0.904 bits per heavy atom. The third kappa shape index (κ3) is 9.41. The number of nitrogens with zero attached hydrogens (tertiary/aromatic N) is 4. The molecule has 4 nitrogen and oxygen atoms in total. The lowest BCUT2D eigenvalue weighted by Gasteiger charge is -2.35. The first-order valence-corrected chi connectivity index (χ1v) is 30.8. The van der Waals surface area contributed by atoms with Gasteiger partial charge in [0.05, 0.1) is 22.4 Å². The molecule has 7 aromatic carbocycles. The zero-order valence-corrected chi connectivity index (χ0v) is 54.8. The largest absolute Gasteiger partial charge is 0.310 e. The van der Waals surface area contributed by atoms with E-state index in [0.29, 0.717) is 0 Å². The fourth-order valence-corrected chi connectivity index (χ4v) is 13.1. The SMILES string of the molecule is CC(C)(C)c1cc(-c2cc(-c3cc(C(C)(C)C)cc(C(C)(C)C)c3)nc(-c3cc4c5c(c3)-n3c6ccc(C(C)(C)C)cc6c6cc(C(C)(C)C)cc(c63)B5c3cc(C(C)(C)C)cc5c6cc(C(C)(C)C)ccc6n-4c35)n2)cc(C(C)(C)C)c1.